The van der Waals surface area contributed by atoms with Crippen LogP contribution >= 0.6 is 11.6 Å². The molecule has 0 saturated heterocycles. The van der Waals surface area contributed by atoms with Crippen LogP contribution in [0.4, 0.5) is 10.1 Å². The summed E-state index contributed by atoms with van der Waals surface area (Å²) < 4.78 is 13.1. The lowest BCUT2D eigenvalue weighted by Gasteiger charge is -2.15. The maximum atomic E-state index is 13.1. The second kappa shape index (κ2) is 5.92. The normalized spacial score (nSPS) is 11.9. The van der Waals surface area contributed by atoms with E-state index in [1.807, 2.05) is 0 Å². The third kappa shape index (κ3) is 3.48. The van der Waals surface area contributed by atoms with Crippen molar-refractivity contribution in [2.24, 2.45) is 0 Å². The van der Waals surface area contributed by atoms with Crippen LogP contribution in [0.2, 0.25) is 5.02 Å². The van der Waals surface area contributed by atoms with Crippen LogP contribution in [0.3, 0.4) is 0 Å². The minimum atomic E-state index is -0.337. The second-order valence-electron chi connectivity index (χ2n) is 4.52. The van der Waals surface area contributed by atoms with Gasteiger partial charge in [-0.1, -0.05) is 23.7 Å². The van der Waals surface area contributed by atoms with Crippen molar-refractivity contribution in [1.82, 2.24) is 5.32 Å². The van der Waals surface area contributed by atoms with E-state index in [2.05, 4.69) is 5.32 Å². The van der Waals surface area contributed by atoms with Gasteiger partial charge in [-0.3, -0.25) is 4.79 Å². The molecule has 0 aromatic heterocycles. The van der Waals surface area contributed by atoms with Gasteiger partial charge in [0.05, 0.1) is 6.04 Å². The lowest BCUT2D eigenvalue weighted by Crippen LogP contribution is -2.26. The van der Waals surface area contributed by atoms with E-state index >= 15 is 0 Å². The van der Waals surface area contributed by atoms with E-state index in [0.717, 1.165) is 0 Å². The topological polar surface area (TPSA) is 55.1 Å². The number of hydrogen-bond acceptors (Lipinski definition) is 2. The average molecular weight is 293 g/mol. The summed E-state index contributed by atoms with van der Waals surface area (Å²) in [7, 11) is 0. The first-order valence-corrected chi connectivity index (χ1v) is 6.46. The van der Waals surface area contributed by atoms with E-state index in [1.165, 1.54) is 18.2 Å². The first kappa shape index (κ1) is 14.3. The molecule has 0 aliphatic carbocycles. The first-order chi connectivity index (χ1) is 9.45. The van der Waals surface area contributed by atoms with Crippen LogP contribution in [0.1, 0.15) is 28.9 Å². The monoisotopic (exact) mass is 292 g/mol. The lowest BCUT2D eigenvalue weighted by molar-refractivity contribution is 0.0940. The minimum absolute atomic E-state index is 0.309. The van der Waals surface area contributed by atoms with Crippen LogP contribution in [0.25, 0.3) is 0 Å². The van der Waals surface area contributed by atoms with Gasteiger partial charge >= 0.3 is 0 Å². The predicted octanol–water partition coefficient (Wildman–Crippen LogP) is 3.55. The molecule has 5 heteroatoms. The molecule has 0 aliphatic rings. The van der Waals surface area contributed by atoms with Crippen LogP contribution in [0.15, 0.2) is 42.5 Å². The smallest absolute Gasteiger partial charge is 0.251 e. The number of halogens is 2. The van der Waals surface area contributed by atoms with Crippen molar-refractivity contribution < 1.29 is 9.18 Å². The molecule has 3 nitrogen and oxygen atoms in total. The number of nitrogens with two attached hydrogens (primary N) is 1. The van der Waals surface area contributed by atoms with Crippen molar-refractivity contribution in [2.45, 2.75) is 13.0 Å². The van der Waals surface area contributed by atoms with Gasteiger partial charge < -0.3 is 11.1 Å². The van der Waals surface area contributed by atoms with E-state index in [9.17, 15) is 9.18 Å². The molecule has 2 rings (SSSR count). The molecule has 0 heterocycles. The van der Waals surface area contributed by atoms with Crippen LogP contribution < -0.4 is 11.1 Å². The average Bonchev–Trinajstić information content (AvgIpc) is 2.37. The Morgan fingerprint density at radius 1 is 1.30 bits per heavy atom. The molecule has 104 valence electrons. The van der Waals surface area contributed by atoms with Gasteiger partial charge in [0, 0.05) is 16.3 Å². The fourth-order valence-electron chi connectivity index (χ4n) is 1.88. The Bertz CT molecular complexity index is 625. The quantitative estimate of drug-likeness (QED) is 0.850. The molecule has 0 aliphatic heterocycles. The number of rotatable bonds is 3. The molecule has 0 spiro atoms. The summed E-state index contributed by atoms with van der Waals surface area (Å²) in [6.45, 7) is 1.78. The number of amides is 1. The van der Waals surface area contributed by atoms with Crippen LogP contribution in [-0.2, 0) is 0 Å². The molecular weight excluding hydrogens is 279 g/mol. The highest BCUT2D eigenvalue weighted by atomic mass is 35.5. The Hall–Kier alpha value is -2.07. The lowest BCUT2D eigenvalue weighted by atomic mass is 10.1. The maximum Gasteiger partial charge on any atom is 0.251 e. The number of benzene rings is 2. The number of anilines is 1. The van der Waals surface area contributed by atoms with Crippen molar-refractivity contribution in [1.29, 1.82) is 0 Å². The van der Waals surface area contributed by atoms with Crippen molar-refractivity contribution >= 4 is 23.2 Å². The molecule has 1 unspecified atom stereocenters. The molecule has 2 aromatic carbocycles. The third-order valence-electron chi connectivity index (χ3n) is 2.88. The van der Waals surface area contributed by atoms with E-state index in [-0.39, 0.29) is 17.8 Å². The molecule has 1 amide bonds. The van der Waals surface area contributed by atoms with Gasteiger partial charge in [0.1, 0.15) is 5.82 Å². The van der Waals surface area contributed by atoms with Gasteiger partial charge in [0.25, 0.3) is 5.91 Å². The number of nitrogens with one attached hydrogen (secondary N) is 1. The summed E-state index contributed by atoms with van der Waals surface area (Å²) in [5.41, 5.74) is 7.12. The summed E-state index contributed by atoms with van der Waals surface area (Å²) >= 11 is 5.86. The van der Waals surface area contributed by atoms with Crippen molar-refractivity contribution in [3.05, 3.63) is 64.4 Å². The number of hydrogen-bond donors (Lipinski definition) is 2. The molecule has 0 radical (unpaired) electrons. The van der Waals surface area contributed by atoms with Crippen molar-refractivity contribution in [2.75, 3.05) is 5.73 Å². The summed E-state index contributed by atoms with van der Waals surface area (Å²) in [4.78, 5) is 12.1. The van der Waals surface area contributed by atoms with Crippen LogP contribution in [0.5, 0.6) is 0 Å². The van der Waals surface area contributed by atoms with Crippen LogP contribution in [0, 0.1) is 5.82 Å². The molecule has 0 bridgehead atoms. The highest BCUT2D eigenvalue weighted by Crippen LogP contribution is 2.18. The number of nitrogen functional groups attached to an aromatic ring is 1. The zero-order chi connectivity index (χ0) is 14.7. The van der Waals surface area contributed by atoms with Gasteiger partial charge in [-0.05, 0) is 42.8 Å². The van der Waals surface area contributed by atoms with Gasteiger partial charge in [-0.25, -0.2) is 4.39 Å². The summed E-state index contributed by atoms with van der Waals surface area (Å²) in [5.74, 6) is -0.647. The van der Waals surface area contributed by atoms with Gasteiger partial charge in [0.15, 0.2) is 0 Å². The minimum Gasteiger partial charge on any atom is -0.399 e. The zero-order valence-corrected chi connectivity index (χ0v) is 11.6. The number of carbonyl (C=O) groups is 1. The van der Waals surface area contributed by atoms with Crippen LogP contribution in [-0.4, -0.2) is 5.91 Å². The predicted molar refractivity (Wildman–Crippen MR) is 78.1 cm³/mol. The molecule has 0 fully saturated rings. The summed E-state index contributed by atoms with van der Waals surface area (Å²) in [5, 5.41) is 3.17. The Balaban J connectivity index is 2.15. The summed E-state index contributed by atoms with van der Waals surface area (Å²) in [6, 6.07) is 10.4. The largest absolute Gasteiger partial charge is 0.399 e. The van der Waals surface area contributed by atoms with Crippen molar-refractivity contribution in [3.63, 3.8) is 0 Å². The molecular formula is C15H14ClFN2O. The molecule has 2 aromatic rings. The Morgan fingerprint density at radius 2 is 2.05 bits per heavy atom. The first-order valence-electron chi connectivity index (χ1n) is 6.08. The molecule has 1 atom stereocenters. The van der Waals surface area contributed by atoms with E-state index < -0.39 is 0 Å². The second-order valence-corrected chi connectivity index (χ2v) is 4.96. The van der Waals surface area contributed by atoms with E-state index in [0.29, 0.717) is 21.8 Å². The van der Waals surface area contributed by atoms with Crippen molar-refractivity contribution in [3.8, 4) is 0 Å². The zero-order valence-electron chi connectivity index (χ0n) is 10.9. The molecule has 3 N–H and O–H groups in total. The van der Waals surface area contributed by atoms with E-state index in [1.54, 1.807) is 31.2 Å². The Morgan fingerprint density at radius 3 is 2.70 bits per heavy atom. The highest BCUT2D eigenvalue weighted by molar-refractivity contribution is 6.31. The SMILES string of the molecule is CC(NC(=O)c1cc(N)cc(Cl)c1)c1cccc(F)c1. The number of carbonyl (C=O) groups excluding carboxylic acids is 1. The van der Waals surface area contributed by atoms with E-state index in [4.69, 9.17) is 17.3 Å². The molecule has 20 heavy (non-hydrogen) atoms. The van der Waals surface area contributed by atoms with Gasteiger partial charge in [0.2, 0.25) is 0 Å². The highest BCUT2D eigenvalue weighted by Gasteiger charge is 2.13. The standard InChI is InChI=1S/C15H14ClFN2O/c1-9(10-3-2-4-13(17)6-10)19-15(20)11-5-12(16)8-14(18)7-11/h2-9H,18H2,1H3,(H,19,20). The Labute approximate surface area is 121 Å². The third-order valence-corrected chi connectivity index (χ3v) is 3.10. The summed E-state index contributed by atoms with van der Waals surface area (Å²) in [6.07, 6.45) is 0. The van der Waals surface area contributed by atoms with Gasteiger partial charge in [-0.2, -0.15) is 0 Å². The molecule has 0 saturated carbocycles. The fourth-order valence-corrected chi connectivity index (χ4v) is 2.13. The van der Waals surface area contributed by atoms with Gasteiger partial charge in [-0.15, -0.1) is 0 Å². The Kier molecular flexibility index (Phi) is 4.25. The maximum absolute atomic E-state index is 13.1. The fraction of sp³-hybridized carbons (Fsp3) is 0.133.